The van der Waals surface area contributed by atoms with Gasteiger partial charge < -0.3 is 10.2 Å². The van der Waals surface area contributed by atoms with Crippen molar-refractivity contribution < 1.29 is 0 Å². The normalized spacial score (nSPS) is 17.7. The minimum Gasteiger partial charge on any atom is -0.367 e. The number of aromatic nitrogens is 1. The molecule has 0 atom stereocenters. The van der Waals surface area contributed by atoms with Gasteiger partial charge >= 0.3 is 0 Å². The Hall–Kier alpha value is -1.60. The van der Waals surface area contributed by atoms with E-state index >= 15 is 0 Å². The van der Waals surface area contributed by atoms with Gasteiger partial charge in [-0.05, 0) is 39.1 Å². The zero-order valence-corrected chi connectivity index (χ0v) is 11.1. The molecule has 1 N–H and O–H groups in total. The van der Waals surface area contributed by atoms with E-state index in [1.165, 1.54) is 25.7 Å². The lowest BCUT2D eigenvalue weighted by molar-refractivity contribution is 0.172. The number of hydrogen-bond donors (Lipinski definition) is 1. The first-order valence-corrected chi connectivity index (χ1v) is 6.44. The molecule has 1 saturated carbocycles. The highest BCUT2D eigenvalue weighted by Crippen LogP contribution is 2.33. The molecule has 4 heteroatoms. The molecular weight excluding hydrogens is 224 g/mol. The van der Waals surface area contributed by atoms with E-state index in [4.69, 9.17) is 5.26 Å². The quantitative estimate of drug-likeness (QED) is 0.882. The Bertz CT molecular complexity index is 441. The summed E-state index contributed by atoms with van der Waals surface area (Å²) in [5.41, 5.74) is 0.828. The Kier molecular flexibility index (Phi) is 3.83. The van der Waals surface area contributed by atoms with Crippen LogP contribution >= 0.6 is 0 Å². The highest BCUT2D eigenvalue weighted by atomic mass is 15.2. The summed E-state index contributed by atoms with van der Waals surface area (Å²) in [5, 5.41) is 12.4. The van der Waals surface area contributed by atoms with Crippen LogP contribution in [0.25, 0.3) is 0 Å². The van der Waals surface area contributed by atoms with Gasteiger partial charge in [-0.3, -0.25) is 0 Å². The molecule has 0 radical (unpaired) electrons. The topological polar surface area (TPSA) is 52.0 Å². The van der Waals surface area contributed by atoms with Crippen LogP contribution in [-0.4, -0.2) is 36.1 Å². The SMILES string of the molecule is CN(C)C1(CNc2ncccc2C#N)CCCC1. The average Bonchev–Trinajstić information content (AvgIpc) is 2.87. The van der Waals surface area contributed by atoms with E-state index < -0.39 is 0 Å². The van der Waals surface area contributed by atoms with Crippen LogP contribution < -0.4 is 5.32 Å². The van der Waals surface area contributed by atoms with Gasteiger partial charge in [0.05, 0.1) is 5.56 Å². The smallest absolute Gasteiger partial charge is 0.143 e. The summed E-state index contributed by atoms with van der Waals surface area (Å²) in [6.07, 6.45) is 6.71. The second-order valence-corrected chi connectivity index (χ2v) is 5.19. The molecule has 18 heavy (non-hydrogen) atoms. The molecule has 0 aromatic carbocycles. The second-order valence-electron chi connectivity index (χ2n) is 5.19. The van der Waals surface area contributed by atoms with Crippen LogP contribution in [0.1, 0.15) is 31.2 Å². The lowest BCUT2D eigenvalue weighted by atomic mass is 9.96. The predicted molar refractivity (Wildman–Crippen MR) is 72.3 cm³/mol. The number of nitriles is 1. The van der Waals surface area contributed by atoms with Gasteiger partial charge in [0.2, 0.25) is 0 Å². The number of likely N-dealkylation sites (N-methyl/N-ethyl adjacent to an activating group) is 1. The van der Waals surface area contributed by atoms with E-state index in [1.54, 1.807) is 18.3 Å². The van der Waals surface area contributed by atoms with Gasteiger partial charge in [-0.15, -0.1) is 0 Å². The fourth-order valence-electron chi connectivity index (χ4n) is 2.70. The first-order chi connectivity index (χ1) is 8.68. The molecule has 96 valence electrons. The van der Waals surface area contributed by atoms with E-state index in [0.29, 0.717) is 11.4 Å². The van der Waals surface area contributed by atoms with Crippen LogP contribution in [0.4, 0.5) is 5.82 Å². The van der Waals surface area contributed by atoms with Crippen molar-refractivity contribution in [3.8, 4) is 6.07 Å². The zero-order chi connectivity index (χ0) is 13.0. The lowest BCUT2D eigenvalue weighted by Crippen LogP contribution is -2.47. The van der Waals surface area contributed by atoms with Crippen molar-refractivity contribution in [2.45, 2.75) is 31.2 Å². The van der Waals surface area contributed by atoms with Crippen molar-refractivity contribution in [2.24, 2.45) is 0 Å². The molecule has 0 unspecified atom stereocenters. The van der Waals surface area contributed by atoms with Crippen LogP contribution in [0.15, 0.2) is 18.3 Å². The van der Waals surface area contributed by atoms with Gasteiger partial charge in [-0.25, -0.2) is 4.98 Å². The molecule has 0 saturated heterocycles. The maximum absolute atomic E-state index is 9.04. The van der Waals surface area contributed by atoms with Crippen molar-refractivity contribution in [2.75, 3.05) is 26.0 Å². The standard InChI is InChI=1S/C14H20N4/c1-18(2)14(7-3-4-8-14)11-17-13-12(10-15)6-5-9-16-13/h5-6,9H,3-4,7-8,11H2,1-2H3,(H,16,17). The lowest BCUT2D eigenvalue weighted by Gasteiger charge is -2.36. The van der Waals surface area contributed by atoms with Crippen LogP contribution in [0.5, 0.6) is 0 Å². The van der Waals surface area contributed by atoms with E-state index in [-0.39, 0.29) is 5.54 Å². The largest absolute Gasteiger partial charge is 0.367 e. The summed E-state index contributed by atoms with van der Waals surface area (Å²) < 4.78 is 0. The Morgan fingerprint density at radius 2 is 2.17 bits per heavy atom. The maximum atomic E-state index is 9.04. The van der Waals surface area contributed by atoms with Crippen molar-refractivity contribution >= 4 is 5.82 Å². The summed E-state index contributed by atoms with van der Waals surface area (Å²) in [5.74, 6) is 0.702. The molecule has 1 aromatic heterocycles. The molecule has 1 fully saturated rings. The van der Waals surface area contributed by atoms with Gasteiger partial charge in [0.25, 0.3) is 0 Å². The number of anilines is 1. The number of nitrogens with zero attached hydrogens (tertiary/aromatic N) is 3. The van der Waals surface area contributed by atoms with E-state index in [2.05, 4.69) is 35.4 Å². The fraction of sp³-hybridized carbons (Fsp3) is 0.571. The van der Waals surface area contributed by atoms with Crippen molar-refractivity contribution in [1.82, 2.24) is 9.88 Å². The van der Waals surface area contributed by atoms with Crippen LogP contribution in [-0.2, 0) is 0 Å². The fourth-order valence-corrected chi connectivity index (χ4v) is 2.70. The van der Waals surface area contributed by atoms with Gasteiger partial charge in [0.1, 0.15) is 11.9 Å². The molecule has 1 aliphatic rings. The Labute approximate surface area is 109 Å². The summed E-state index contributed by atoms with van der Waals surface area (Å²) >= 11 is 0. The zero-order valence-electron chi connectivity index (χ0n) is 11.1. The molecule has 1 aromatic rings. The third-order valence-corrected chi connectivity index (χ3v) is 4.00. The van der Waals surface area contributed by atoms with Crippen molar-refractivity contribution in [3.63, 3.8) is 0 Å². The highest BCUT2D eigenvalue weighted by molar-refractivity contribution is 5.51. The Balaban J connectivity index is 2.09. The van der Waals surface area contributed by atoms with Crippen molar-refractivity contribution in [3.05, 3.63) is 23.9 Å². The third-order valence-electron chi connectivity index (χ3n) is 4.00. The molecule has 0 spiro atoms. The first-order valence-electron chi connectivity index (χ1n) is 6.44. The van der Waals surface area contributed by atoms with Gasteiger partial charge in [-0.2, -0.15) is 5.26 Å². The molecule has 0 bridgehead atoms. The summed E-state index contributed by atoms with van der Waals surface area (Å²) in [7, 11) is 4.27. The first kappa shape index (κ1) is 12.8. The van der Waals surface area contributed by atoms with Crippen LogP contribution in [0.3, 0.4) is 0 Å². The van der Waals surface area contributed by atoms with Gasteiger partial charge in [0.15, 0.2) is 0 Å². The molecule has 2 rings (SSSR count). The Morgan fingerprint density at radius 3 is 2.78 bits per heavy atom. The number of nitrogens with one attached hydrogen (secondary N) is 1. The van der Waals surface area contributed by atoms with Crippen LogP contribution in [0, 0.1) is 11.3 Å². The maximum Gasteiger partial charge on any atom is 0.143 e. The summed E-state index contributed by atoms with van der Waals surface area (Å²) in [6, 6.07) is 5.76. The van der Waals surface area contributed by atoms with Crippen LogP contribution in [0.2, 0.25) is 0 Å². The van der Waals surface area contributed by atoms with E-state index in [1.807, 2.05) is 0 Å². The molecule has 1 heterocycles. The van der Waals surface area contributed by atoms with Crippen molar-refractivity contribution in [1.29, 1.82) is 5.26 Å². The Morgan fingerprint density at radius 1 is 1.44 bits per heavy atom. The molecule has 4 nitrogen and oxygen atoms in total. The minimum atomic E-state index is 0.213. The third kappa shape index (κ3) is 2.46. The second kappa shape index (κ2) is 5.36. The number of pyridine rings is 1. The number of rotatable bonds is 4. The van der Waals surface area contributed by atoms with E-state index in [0.717, 1.165) is 6.54 Å². The monoisotopic (exact) mass is 244 g/mol. The molecule has 0 amide bonds. The van der Waals surface area contributed by atoms with Gasteiger partial charge in [0, 0.05) is 18.3 Å². The molecule has 1 aliphatic carbocycles. The predicted octanol–water partition coefficient (Wildman–Crippen LogP) is 2.24. The summed E-state index contributed by atoms with van der Waals surface area (Å²) in [4.78, 5) is 6.56. The van der Waals surface area contributed by atoms with E-state index in [9.17, 15) is 0 Å². The molecule has 0 aliphatic heterocycles. The minimum absolute atomic E-state index is 0.213. The van der Waals surface area contributed by atoms with Gasteiger partial charge in [-0.1, -0.05) is 12.8 Å². The number of hydrogen-bond acceptors (Lipinski definition) is 4. The average molecular weight is 244 g/mol. The molecular formula is C14H20N4. The summed E-state index contributed by atoms with van der Waals surface area (Å²) in [6.45, 7) is 0.853. The highest BCUT2D eigenvalue weighted by Gasteiger charge is 2.35.